The smallest absolute Gasteiger partial charge is 0.417 e. The van der Waals surface area contributed by atoms with E-state index in [1.165, 1.54) is 43.6 Å². The van der Waals surface area contributed by atoms with E-state index in [2.05, 4.69) is 15.6 Å². The van der Waals surface area contributed by atoms with E-state index in [4.69, 9.17) is 32.8 Å². The second-order valence-corrected chi connectivity index (χ2v) is 7.31. The Morgan fingerprint density at radius 3 is 2.32 bits per heavy atom. The number of urea groups is 1. The normalized spacial score (nSPS) is 10.9. The second kappa shape index (κ2) is 10.5. The predicted octanol–water partition coefficient (Wildman–Crippen LogP) is 5.67. The van der Waals surface area contributed by atoms with E-state index in [9.17, 15) is 22.8 Å². The number of halogens is 5. The first kappa shape index (κ1) is 24.9. The van der Waals surface area contributed by atoms with Crippen molar-refractivity contribution in [2.75, 3.05) is 12.4 Å². The number of aromatic nitrogens is 1. The summed E-state index contributed by atoms with van der Waals surface area (Å²) in [6.45, 7) is 0. The standard InChI is InChI=1S/C21H15Cl2F3N4O4/c1-27-19(31)18-10-12(6-7-28-18)33-11-3-5-17(16(23)9-11)29-20(32)30-34-13-2-4-15(22)14(8-13)21(24,25)26/h2-10H,1H3,(H,27,31)(H2,29,30,32). The van der Waals surface area contributed by atoms with Crippen molar-refractivity contribution in [1.29, 1.82) is 0 Å². The van der Waals surface area contributed by atoms with Crippen LogP contribution in [0.2, 0.25) is 10.0 Å². The Morgan fingerprint density at radius 2 is 1.65 bits per heavy atom. The molecule has 0 aliphatic rings. The lowest BCUT2D eigenvalue weighted by atomic mass is 10.2. The van der Waals surface area contributed by atoms with Crippen molar-refractivity contribution in [2.24, 2.45) is 0 Å². The topological polar surface area (TPSA) is 102 Å². The Morgan fingerprint density at radius 1 is 0.941 bits per heavy atom. The van der Waals surface area contributed by atoms with Gasteiger partial charge in [-0.25, -0.2) is 4.79 Å². The lowest BCUT2D eigenvalue weighted by Gasteiger charge is -2.13. The molecule has 1 heterocycles. The van der Waals surface area contributed by atoms with Crippen LogP contribution in [0.1, 0.15) is 16.1 Å². The summed E-state index contributed by atoms with van der Waals surface area (Å²) in [7, 11) is 1.47. The van der Waals surface area contributed by atoms with Crippen molar-refractivity contribution in [3.63, 3.8) is 0 Å². The number of hydrogen-bond acceptors (Lipinski definition) is 5. The van der Waals surface area contributed by atoms with Gasteiger partial charge in [-0.1, -0.05) is 23.2 Å². The average Bonchev–Trinajstić information content (AvgIpc) is 2.79. The number of carbonyl (C=O) groups excluding carboxylic acids is 2. The molecule has 3 rings (SSSR count). The highest BCUT2D eigenvalue weighted by Gasteiger charge is 2.33. The van der Waals surface area contributed by atoms with Gasteiger partial charge in [0.1, 0.15) is 17.2 Å². The Kier molecular flexibility index (Phi) is 7.69. The number of nitrogens with zero attached hydrogens (tertiary/aromatic N) is 1. The fraction of sp³-hybridized carbons (Fsp3) is 0.0952. The molecule has 8 nitrogen and oxygen atoms in total. The van der Waals surface area contributed by atoms with Gasteiger partial charge in [0.2, 0.25) is 0 Å². The van der Waals surface area contributed by atoms with Crippen LogP contribution in [-0.2, 0) is 6.18 Å². The van der Waals surface area contributed by atoms with Crippen molar-refractivity contribution in [2.45, 2.75) is 6.18 Å². The van der Waals surface area contributed by atoms with Gasteiger partial charge in [0.05, 0.1) is 21.3 Å². The molecule has 178 valence electrons. The molecule has 3 amide bonds. The third kappa shape index (κ3) is 6.42. The molecule has 34 heavy (non-hydrogen) atoms. The van der Waals surface area contributed by atoms with Crippen LogP contribution in [0.4, 0.5) is 23.7 Å². The number of nitrogens with one attached hydrogen (secondary N) is 3. The van der Waals surface area contributed by atoms with E-state index >= 15 is 0 Å². The minimum absolute atomic E-state index is 0.0964. The van der Waals surface area contributed by atoms with Gasteiger partial charge in [-0.2, -0.15) is 18.7 Å². The summed E-state index contributed by atoms with van der Waals surface area (Å²) in [5.74, 6) is -0.0282. The molecule has 3 N–H and O–H groups in total. The molecule has 0 saturated carbocycles. The van der Waals surface area contributed by atoms with Crippen LogP contribution in [0.5, 0.6) is 17.2 Å². The van der Waals surface area contributed by atoms with Crippen LogP contribution in [0, 0.1) is 0 Å². The number of hydroxylamine groups is 1. The maximum atomic E-state index is 12.9. The molecule has 0 bridgehead atoms. The fourth-order valence-corrected chi connectivity index (χ4v) is 3.00. The number of amides is 3. The van der Waals surface area contributed by atoms with Gasteiger partial charge in [-0.3, -0.25) is 9.78 Å². The summed E-state index contributed by atoms with van der Waals surface area (Å²) in [5.41, 5.74) is 1.17. The van der Waals surface area contributed by atoms with Gasteiger partial charge in [0, 0.05) is 25.4 Å². The Labute approximate surface area is 200 Å². The number of ether oxygens (including phenoxy) is 1. The summed E-state index contributed by atoms with van der Waals surface area (Å²) in [6.07, 6.45) is -3.28. The predicted molar refractivity (Wildman–Crippen MR) is 118 cm³/mol. The van der Waals surface area contributed by atoms with Crippen LogP contribution < -0.4 is 25.7 Å². The quantitative estimate of drug-likeness (QED) is 0.367. The summed E-state index contributed by atoms with van der Waals surface area (Å²) in [6, 6.07) is 9.22. The van der Waals surface area contributed by atoms with Gasteiger partial charge in [0.15, 0.2) is 5.75 Å². The lowest BCUT2D eigenvalue weighted by molar-refractivity contribution is -0.137. The number of rotatable bonds is 6. The third-order valence-corrected chi connectivity index (χ3v) is 4.76. The zero-order chi connectivity index (χ0) is 24.9. The lowest BCUT2D eigenvalue weighted by Crippen LogP contribution is -2.31. The highest BCUT2D eigenvalue weighted by atomic mass is 35.5. The molecule has 0 radical (unpaired) electrons. The van der Waals surface area contributed by atoms with Gasteiger partial charge in [-0.05, 0) is 36.4 Å². The zero-order valence-electron chi connectivity index (χ0n) is 17.2. The molecular weight excluding hydrogens is 500 g/mol. The van der Waals surface area contributed by atoms with Gasteiger partial charge < -0.3 is 20.2 Å². The summed E-state index contributed by atoms with van der Waals surface area (Å²) >= 11 is 11.7. The van der Waals surface area contributed by atoms with Crippen LogP contribution in [-0.4, -0.2) is 24.0 Å². The SMILES string of the molecule is CNC(=O)c1cc(Oc2ccc(NC(=O)NOc3ccc(Cl)c(C(F)(F)F)c3)c(Cl)c2)ccn1. The van der Waals surface area contributed by atoms with Crippen molar-refractivity contribution in [3.8, 4) is 17.2 Å². The fourth-order valence-electron chi connectivity index (χ4n) is 2.56. The number of alkyl halides is 3. The Hall–Kier alpha value is -3.70. The Bertz CT molecular complexity index is 1220. The molecule has 3 aromatic rings. The summed E-state index contributed by atoms with van der Waals surface area (Å²) in [5, 5.41) is 4.43. The molecule has 13 heteroatoms. The van der Waals surface area contributed by atoms with E-state index in [0.717, 1.165) is 12.1 Å². The van der Waals surface area contributed by atoms with Crippen molar-refractivity contribution < 1.29 is 32.3 Å². The minimum atomic E-state index is -4.68. The van der Waals surface area contributed by atoms with Crippen LogP contribution >= 0.6 is 23.2 Å². The first-order valence-electron chi connectivity index (χ1n) is 9.33. The Balaban J connectivity index is 1.62. The van der Waals surface area contributed by atoms with Crippen LogP contribution in [0.3, 0.4) is 0 Å². The van der Waals surface area contributed by atoms with E-state index < -0.39 is 22.8 Å². The molecule has 0 unspecified atom stereocenters. The van der Waals surface area contributed by atoms with E-state index in [1.807, 2.05) is 5.48 Å². The number of benzene rings is 2. The molecule has 2 aromatic carbocycles. The number of hydrogen-bond donors (Lipinski definition) is 3. The first-order valence-corrected chi connectivity index (χ1v) is 10.1. The number of pyridine rings is 1. The van der Waals surface area contributed by atoms with Crippen molar-refractivity contribution >= 4 is 40.8 Å². The molecule has 0 saturated heterocycles. The van der Waals surface area contributed by atoms with Gasteiger partial charge in [-0.15, -0.1) is 0 Å². The molecule has 0 atom stereocenters. The molecule has 0 spiro atoms. The van der Waals surface area contributed by atoms with E-state index in [0.29, 0.717) is 17.6 Å². The highest BCUT2D eigenvalue weighted by Crippen LogP contribution is 2.36. The molecule has 0 aliphatic heterocycles. The van der Waals surface area contributed by atoms with E-state index in [-0.39, 0.29) is 28.1 Å². The first-order chi connectivity index (χ1) is 16.1. The van der Waals surface area contributed by atoms with Crippen molar-refractivity contribution in [3.05, 3.63) is 76.0 Å². The second-order valence-electron chi connectivity index (χ2n) is 6.50. The van der Waals surface area contributed by atoms with Crippen LogP contribution in [0.25, 0.3) is 0 Å². The monoisotopic (exact) mass is 514 g/mol. The van der Waals surface area contributed by atoms with E-state index in [1.54, 1.807) is 0 Å². The number of carbonyl (C=O) groups is 2. The molecule has 1 aromatic heterocycles. The van der Waals surface area contributed by atoms with Gasteiger partial charge >= 0.3 is 12.2 Å². The third-order valence-electron chi connectivity index (χ3n) is 4.12. The maximum absolute atomic E-state index is 12.9. The molecule has 0 aliphatic carbocycles. The average molecular weight is 515 g/mol. The molecular formula is C21H15Cl2F3N4O4. The van der Waals surface area contributed by atoms with Gasteiger partial charge in [0.25, 0.3) is 5.91 Å². The highest BCUT2D eigenvalue weighted by molar-refractivity contribution is 6.33. The largest absolute Gasteiger partial charge is 0.457 e. The zero-order valence-corrected chi connectivity index (χ0v) is 18.7. The van der Waals surface area contributed by atoms with Crippen LogP contribution in [0.15, 0.2) is 54.7 Å². The summed E-state index contributed by atoms with van der Waals surface area (Å²) in [4.78, 5) is 32.6. The van der Waals surface area contributed by atoms with Crippen molar-refractivity contribution in [1.82, 2.24) is 15.8 Å². The maximum Gasteiger partial charge on any atom is 0.417 e. The summed E-state index contributed by atoms with van der Waals surface area (Å²) < 4.78 is 44.4. The number of anilines is 1. The minimum Gasteiger partial charge on any atom is -0.457 e. The molecule has 0 fully saturated rings.